The van der Waals surface area contributed by atoms with E-state index in [0.717, 1.165) is 11.3 Å². The lowest BCUT2D eigenvalue weighted by Crippen LogP contribution is -2.29. The standard InChI is InChI=1S/C16H20N4O2/c1-10(2)9-22-12-6-4-5-11(7-12)14-8-13(15(17)18)16(21)20(3)19-14/h4-8,10H,9H2,1-3H3,(H3,17,18). The quantitative estimate of drug-likeness (QED) is 0.650. The summed E-state index contributed by atoms with van der Waals surface area (Å²) in [6.45, 7) is 4.79. The van der Waals surface area contributed by atoms with Crippen LogP contribution in [-0.4, -0.2) is 22.2 Å². The monoisotopic (exact) mass is 300 g/mol. The third-order valence-electron chi connectivity index (χ3n) is 3.07. The van der Waals surface area contributed by atoms with Crippen molar-refractivity contribution in [2.45, 2.75) is 13.8 Å². The molecule has 3 N–H and O–H groups in total. The Bertz CT molecular complexity index is 750. The van der Waals surface area contributed by atoms with Crippen molar-refractivity contribution in [1.82, 2.24) is 9.78 Å². The van der Waals surface area contributed by atoms with E-state index in [2.05, 4.69) is 18.9 Å². The van der Waals surface area contributed by atoms with Crippen molar-refractivity contribution >= 4 is 5.84 Å². The number of hydrogen-bond acceptors (Lipinski definition) is 4. The zero-order valence-electron chi connectivity index (χ0n) is 13.0. The summed E-state index contributed by atoms with van der Waals surface area (Å²) in [4.78, 5) is 11.9. The van der Waals surface area contributed by atoms with Gasteiger partial charge < -0.3 is 10.5 Å². The van der Waals surface area contributed by atoms with Crippen LogP contribution in [0.4, 0.5) is 0 Å². The lowest BCUT2D eigenvalue weighted by atomic mass is 10.1. The van der Waals surface area contributed by atoms with Crippen LogP contribution in [0.25, 0.3) is 11.3 Å². The molecule has 0 atom stereocenters. The molecule has 1 heterocycles. The van der Waals surface area contributed by atoms with Gasteiger partial charge in [0.05, 0.1) is 17.9 Å². The van der Waals surface area contributed by atoms with Gasteiger partial charge in [0.1, 0.15) is 11.6 Å². The average molecular weight is 300 g/mol. The van der Waals surface area contributed by atoms with Gasteiger partial charge in [0.2, 0.25) is 0 Å². The van der Waals surface area contributed by atoms with Gasteiger partial charge in [0, 0.05) is 12.6 Å². The van der Waals surface area contributed by atoms with Crippen LogP contribution in [0.5, 0.6) is 5.75 Å². The number of nitrogen functional groups attached to an aromatic ring is 1. The van der Waals surface area contributed by atoms with Gasteiger partial charge in [-0.2, -0.15) is 5.10 Å². The van der Waals surface area contributed by atoms with E-state index in [1.54, 1.807) is 0 Å². The SMILES string of the molecule is CC(C)COc1cccc(-c2cc(C(=N)N)c(=O)n(C)n2)c1. The molecule has 1 aromatic carbocycles. The Morgan fingerprint density at radius 3 is 2.77 bits per heavy atom. The minimum atomic E-state index is -0.386. The third-order valence-corrected chi connectivity index (χ3v) is 3.07. The molecule has 0 aliphatic heterocycles. The largest absolute Gasteiger partial charge is 0.493 e. The molecule has 0 aliphatic carbocycles. The number of benzene rings is 1. The summed E-state index contributed by atoms with van der Waals surface area (Å²) in [7, 11) is 1.54. The fourth-order valence-electron chi connectivity index (χ4n) is 1.95. The molecule has 0 saturated heterocycles. The van der Waals surface area contributed by atoms with Gasteiger partial charge in [-0.05, 0) is 24.1 Å². The van der Waals surface area contributed by atoms with E-state index >= 15 is 0 Å². The second kappa shape index (κ2) is 6.43. The molecule has 6 nitrogen and oxygen atoms in total. The van der Waals surface area contributed by atoms with Crippen molar-refractivity contribution in [3.05, 3.63) is 46.2 Å². The van der Waals surface area contributed by atoms with Gasteiger partial charge in [0.25, 0.3) is 5.56 Å². The van der Waals surface area contributed by atoms with Crippen molar-refractivity contribution < 1.29 is 4.74 Å². The molecule has 1 aromatic heterocycles. The molecule has 2 aromatic rings. The van der Waals surface area contributed by atoms with Crippen LogP contribution < -0.4 is 16.0 Å². The molecule has 2 rings (SSSR count). The van der Waals surface area contributed by atoms with Gasteiger partial charge >= 0.3 is 0 Å². The molecule has 0 bridgehead atoms. The van der Waals surface area contributed by atoms with E-state index in [1.807, 2.05) is 24.3 Å². The molecule has 0 spiro atoms. The normalized spacial score (nSPS) is 10.7. The maximum Gasteiger partial charge on any atom is 0.277 e. The third kappa shape index (κ3) is 3.52. The zero-order valence-corrected chi connectivity index (χ0v) is 13.0. The Balaban J connectivity index is 2.42. The molecular formula is C16H20N4O2. The predicted octanol–water partition coefficient (Wildman–Crippen LogP) is 1.77. The van der Waals surface area contributed by atoms with Gasteiger partial charge in [0.15, 0.2) is 0 Å². The van der Waals surface area contributed by atoms with Crippen LogP contribution in [0.3, 0.4) is 0 Å². The second-order valence-corrected chi connectivity index (χ2v) is 5.52. The molecule has 0 amide bonds. The second-order valence-electron chi connectivity index (χ2n) is 5.52. The van der Waals surface area contributed by atoms with Gasteiger partial charge in [-0.25, -0.2) is 4.68 Å². The van der Waals surface area contributed by atoms with E-state index in [4.69, 9.17) is 15.9 Å². The van der Waals surface area contributed by atoms with Gasteiger partial charge in [-0.3, -0.25) is 10.2 Å². The van der Waals surface area contributed by atoms with Crippen molar-refractivity contribution in [3.63, 3.8) is 0 Å². The first-order valence-electron chi connectivity index (χ1n) is 7.04. The first-order valence-corrected chi connectivity index (χ1v) is 7.04. The summed E-state index contributed by atoms with van der Waals surface area (Å²) in [6.07, 6.45) is 0. The van der Waals surface area contributed by atoms with Crippen LogP contribution in [0.2, 0.25) is 0 Å². The zero-order chi connectivity index (χ0) is 16.3. The number of aryl methyl sites for hydroxylation is 1. The van der Waals surface area contributed by atoms with Gasteiger partial charge in [-0.1, -0.05) is 26.0 Å². The number of ether oxygens (including phenoxy) is 1. The number of nitrogens with two attached hydrogens (primary N) is 1. The Morgan fingerprint density at radius 2 is 2.14 bits per heavy atom. The summed E-state index contributed by atoms with van der Waals surface area (Å²) in [5, 5.41) is 11.7. The first-order chi connectivity index (χ1) is 10.4. The summed E-state index contributed by atoms with van der Waals surface area (Å²) < 4.78 is 6.89. The number of rotatable bonds is 5. The molecule has 0 aliphatic rings. The molecule has 116 valence electrons. The van der Waals surface area contributed by atoms with E-state index in [-0.39, 0.29) is 17.0 Å². The first kappa shape index (κ1) is 15.8. The van der Waals surface area contributed by atoms with Crippen molar-refractivity contribution in [3.8, 4) is 17.0 Å². The minimum Gasteiger partial charge on any atom is -0.493 e. The summed E-state index contributed by atoms with van der Waals surface area (Å²) in [5.74, 6) is 0.909. The Hall–Kier alpha value is -2.63. The fourth-order valence-corrected chi connectivity index (χ4v) is 1.95. The maximum atomic E-state index is 11.9. The number of hydrogen-bond donors (Lipinski definition) is 2. The van der Waals surface area contributed by atoms with Crippen molar-refractivity contribution in [2.75, 3.05) is 6.61 Å². The van der Waals surface area contributed by atoms with Crippen LogP contribution >= 0.6 is 0 Å². The Labute approximate surface area is 129 Å². The van der Waals surface area contributed by atoms with Crippen LogP contribution in [0.1, 0.15) is 19.4 Å². The predicted molar refractivity (Wildman–Crippen MR) is 86.3 cm³/mol. The summed E-state index contributed by atoms with van der Waals surface area (Å²) >= 11 is 0. The lowest BCUT2D eigenvalue weighted by molar-refractivity contribution is 0.271. The van der Waals surface area contributed by atoms with Crippen molar-refractivity contribution in [2.24, 2.45) is 18.7 Å². The van der Waals surface area contributed by atoms with E-state index in [9.17, 15) is 4.79 Å². The molecule has 6 heteroatoms. The fraction of sp³-hybridized carbons (Fsp3) is 0.312. The number of amidine groups is 1. The highest BCUT2D eigenvalue weighted by Gasteiger charge is 2.11. The highest BCUT2D eigenvalue weighted by Crippen LogP contribution is 2.22. The molecule has 22 heavy (non-hydrogen) atoms. The molecular weight excluding hydrogens is 280 g/mol. The minimum absolute atomic E-state index is 0.140. The Morgan fingerprint density at radius 1 is 1.41 bits per heavy atom. The maximum absolute atomic E-state index is 11.9. The highest BCUT2D eigenvalue weighted by atomic mass is 16.5. The smallest absolute Gasteiger partial charge is 0.277 e. The molecule has 0 unspecified atom stereocenters. The van der Waals surface area contributed by atoms with Crippen molar-refractivity contribution in [1.29, 1.82) is 5.41 Å². The van der Waals surface area contributed by atoms with E-state index < -0.39 is 0 Å². The molecule has 0 radical (unpaired) electrons. The average Bonchev–Trinajstić information content (AvgIpc) is 2.47. The van der Waals surface area contributed by atoms with E-state index in [0.29, 0.717) is 18.2 Å². The molecule has 0 fully saturated rings. The van der Waals surface area contributed by atoms with Crippen LogP contribution in [0, 0.1) is 11.3 Å². The summed E-state index contributed by atoms with van der Waals surface area (Å²) in [6, 6.07) is 9.01. The molecule has 0 saturated carbocycles. The van der Waals surface area contributed by atoms with Crippen LogP contribution in [0.15, 0.2) is 35.1 Å². The number of aromatic nitrogens is 2. The summed E-state index contributed by atoms with van der Waals surface area (Å²) in [5.41, 5.74) is 6.59. The van der Waals surface area contributed by atoms with Crippen LogP contribution in [-0.2, 0) is 7.05 Å². The Kier molecular flexibility index (Phi) is 4.60. The number of nitrogens with zero attached hydrogens (tertiary/aromatic N) is 2. The topological polar surface area (TPSA) is 94.0 Å². The number of nitrogens with one attached hydrogen (secondary N) is 1. The lowest BCUT2D eigenvalue weighted by Gasteiger charge is -2.11. The van der Waals surface area contributed by atoms with Gasteiger partial charge in [-0.15, -0.1) is 0 Å². The highest BCUT2D eigenvalue weighted by molar-refractivity contribution is 5.95. The van der Waals surface area contributed by atoms with E-state index in [1.165, 1.54) is 17.8 Å².